The third-order valence-electron chi connectivity index (χ3n) is 3.05. The van der Waals surface area contributed by atoms with Gasteiger partial charge in [-0.3, -0.25) is 4.79 Å². The number of phenolic OH excluding ortho intramolecular Hbond substituents is 1. The van der Waals surface area contributed by atoms with Gasteiger partial charge in [-0.05, 0) is 30.3 Å². The van der Waals surface area contributed by atoms with E-state index in [0.29, 0.717) is 11.5 Å². The summed E-state index contributed by atoms with van der Waals surface area (Å²) in [4.78, 5) is 12.6. The Morgan fingerprint density at radius 2 is 1.90 bits per heavy atom. The molecule has 0 radical (unpaired) electrons. The fourth-order valence-electron chi connectivity index (χ4n) is 1.97. The summed E-state index contributed by atoms with van der Waals surface area (Å²) in [6.45, 7) is 0. The summed E-state index contributed by atoms with van der Waals surface area (Å²) in [5.41, 5.74) is 0.367. The number of aromatic hydroxyl groups is 1. The summed E-state index contributed by atoms with van der Waals surface area (Å²) >= 11 is 0. The highest BCUT2D eigenvalue weighted by Gasteiger charge is 2.20. The number of carbonyl (C=O) groups is 1. The van der Waals surface area contributed by atoms with Crippen LogP contribution in [0.5, 0.6) is 17.2 Å². The van der Waals surface area contributed by atoms with E-state index in [1.165, 1.54) is 32.4 Å². The van der Waals surface area contributed by atoms with Crippen LogP contribution in [0.4, 0.5) is 0 Å². The maximum atomic E-state index is 12.6. The van der Waals surface area contributed by atoms with Gasteiger partial charge in [0.05, 0.1) is 19.8 Å². The van der Waals surface area contributed by atoms with Crippen molar-refractivity contribution in [2.45, 2.75) is 0 Å². The normalized spacial score (nSPS) is 9.76. The molecule has 5 heteroatoms. The van der Waals surface area contributed by atoms with Crippen LogP contribution in [0.2, 0.25) is 0 Å². The highest BCUT2D eigenvalue weighted by Crippen LogP contribution is 2.29. The van der Waals surface area contributed by atoms with Gasteiger partial charge in [0.25, 0.3) is 0 Å². The van der Waals surface area contributed by atoms with Crippen molar-refractivity contribution in [3.63, 3.8) is 0 Å². The zero-order valence-corrected chi connectivity index (χ0v) is 11.6. The molecule has 0 aliphatic rings. The van der Waals surface area contributed by atoms with E-state index in [-0.39, 0.29) is 22.4 Å². The van der Waals surface area contributed by atoms with Gasteiger partial charge < -0.3 is 14.6 Å². The predicted molar refractivity (Wildman–Crippen MR) is 75.8 cm³/mol. The van der Waals surface area contributed by atoms with Crippen molar-refractivity contribution in [3.8, 4) is 23.3 Å². The highest BCUT2D eigenvalue weighted by molar-refractivity contribution is 6.12. The Morgan fingerprint density at radius 1 is 1.14 bits per heavy atom. The number of hydrogen-bond donors (Lipinski definition) is 1. The lowest BCUT2D eigenvalue weighted by molar-refractivity contribution is 0.103. The van der Waals surface area contributed by atoms with E-state index in [1.54, 1.807) is 18.2 Å². The van der Waals surface area contributed by atoms with Gasteiger partial charge in [-0.15, -0.1) is 0 Å². The minimum atomic E-state index is -0.471. The molecule has 0 fully saturated rings. The van der Waals surface area contributed by atoms with Crippen molar-refractivity contribution in [1.29, 1.82) is 5.26 Å². The molecule has 0 amide bonds. The molecule has 0 aliphatic carbocycles. The van der Waals surface area contributed by atoms with Crippen LogP contribution in [-0.2, 0) is 0 Å². The van der Waals surface area contributed by atoms with E-state index in [4.69, 9.17) is 9.47 Å². The Balaban J connectivity index is 2.58. The summed E-state index contributed by atoms with van der Waals surface area (Å²) in [6, 6.07) is 11.0. The Bertz CT molecular complexity index is 732. The molecule has 2 aromatic rings. The first-order valence-corrected chi connectivity index (χ1v) is 6.11. The van der Waals surface area contributed by atoms with Crippen LogP contribution in [0.3, 0.4) is 0 Å². The molecule has 2 aromatic carbocycles. The number of benzene rings is 2. The van der Waals surface area contributed by atoms with Gasteiger partial charge in [-0.2, -0.15) is 5.26 Å². The molecule has 2 rings (SSSR count). The van der Waals surface area contributed by atoms with Gasteiger partial charge in [-0.25, -0.2) is 0 Å². The van der Waals surface area contributed by atoms with Crippen LogP contribution >= 0.6 is 0 Å². The molecule has 0 saturated carbocycles. The van der Waals surface area contributed by atoms with Crippen molar-refractivity contribution in [3.05, 3.63) is 53.1 Å². The largest absolute Gasteiger partial charge is 0.507 e. The lowest BCUT2D eigenvalue weighted by Crippen LogP contribution is -2.06. The standard InChI is InChI=1S/C16H13NO4/c1-20-10-6-7-14(18)12(8-10)16(19)11-4-3-5-15(21-2)13(11)9-17/h3-8,18H,1-2H3. The number of ether oxygens (including phenoxy) is 2. The Hall–Kier alpha value is -3.00. The quantitative estimate of drug-likeness (QED) is 0.872. The smallest absolute Gasteiger partial charge is 0.198 e. The van der Waals surface area contributed by atoms with E-state index in [2.05, 4.69) is 0 Å². The second-order valence-corrected chi connectivity index (χ2v) is 4.21. The monoisotopic (exact) mass is 283 g/mol. The zero-order valence-electron chi connectivity index (χ0n) is 11.6. The van der Waals surface area contributed by atoms with Crippen molar-refractivity contribution >= 4 is 5.78 Å². The summed E-state index contributed by atoms with van der Waals surface area (Å²) in [5.74, 6) is 0.109. The zero-order chi connectivity index (χ0) is 15.4. The molecule has 0 aromatic heterocycles. The lowest BCUT2D eigenvalue weighted by atomic mass is 9.97. The summed E-state index contributed by atoms with van der Waals surface area (Å²) in [7, 11) is 2.89. The number of methoxy groups -OCH3 is 2. The van der Waals surface area contributed by atoms with E-state index in [9.17, 15) is 15.2 Å². The third-order valence-corrected chi connectivity index (χ3v) is 3.05. The SMILES string of the molecule is COc1ccc(O)c(C(=O)c2cccc(OC)c2C#N)c1. The highest BCUT2D eigenvalue weighted by atomic mass is 16.5. The van der Waals surface area contributed by atoms with Crippen molar-refractivity contribution in [1.82, 2.24) is 0 Å². The second kappa shape index (κ2) is 5.97. The number of nitrogens with zero attached hydrogens (tertiary/aromatic N) is 1. The Morgan fingerprint density at radius 3 is 2.52 bits per heavy atom. The van der Waals surface area contributed by atoms with Gasteiger partial charge in [0, 0.05) is 5.56 Å². The molecule has 21 heavy (non-hydrogen) atoms. The van der Waals surface area contributed by atoms with E-state index >= 15 is 0 Å². The first-order chi connectivity index (χ1) is 10.1. The lowest BCUT2D eigenvalue weighted by Gasteiger charge is -2.09. The summed E-state index contributed by atoms with van der Waals surface area (Å²) in [6.07, 6.45) is 0. The Kier molecular flexibility index (Phi) is 4.10. The predicted octanol–water partition coefficient (Wildman–Crippen LogP) is 2.51. The first-order valence-electron chi connectivity index (χ1n) is 6.11. The molecule has 0 atom stereocenters. The second-order valence-electron chi connectivity index (χ2n) is 4.21. The average Bonchev–Trinajstić information content (AvgIpc) is 2.53. The molecular formula is C16H13NO4. The third kappa shape index (κ3) is 2.65. The van der Waals surface area contributed by atoms with Gasteiger partial charge in [-0.1, -0.05) is 6.07 Å². The fraction of sp³-hybridized carbons (Fsp3) is 0.125. The van der Waals surface area contributed by atoms with Crippen molar-refractivity contribution < 1.29 is 19.4 Å². The van der Waals surface area contributed by atoms with Gasteiger partial charge in [0.15, 0.2) is 5.78 Å². The number of hydrogen-bond acceptors (Lipinski definition) is 5. The number of ketones is 1. The molecule has 106 valence electrons. The fourth-order valence-corrected chi connectivity index (χ4v) is 1.97. The van der Waals surface area contributed by atoms with Crippen LogP contribution < -0.4 is 9.47 Å². The maximum absolute atomic E-state index is 12.6. The number of nitriles is 1. The van der Waals surface area contributed by atoms with Crippen LogP contribution in [-0.4, -0.2) is 25.1 Å². The molecule has 0 saturated heterocycles. The molecule has 0 bridgehead atoms. The van der Waals surface area contributed by atoms with Crippen LogP contribution in [0.1, 0.15) is 21.5 Å². The van der Waals surface area contributed by atoms with Crippen LogP contribution in [0.15, 0.2) is 36.4 Å². The Labute approximate surface area is 122 Å². The van der Waals surface area contributed by atoms with Crippen molar-refractivity contribution in [2.75, 3.05) is 14.2 Å². The number of phenols is 1. The van der Waals surface area contributed by atoms with Crippen LogP contribution in [0.25, 0.3) is 0 Å². The first kappa shape index (κ1) is 14.4. The minimum Gasteiger partial charge on any atom is -0.507 e. The van der Waals surface area contributed by atoms with E-state index in [1.807, 2.05) is 6.07 Å². The molecule has 0 heterocycles. The average molecular weight is 283 g/mol. The van der Waals surface area contributed by atoms with Gasteiger partial charge >= 0.3 is 0 Å². The summed E-state index contributed by atoms with van der Waals surface area (Å²) in [5, 5.41) is 19.1. The number of rotatable bonds is 4. The van der Waals surface area contributed by atoms with E-state index in [0.717, 1.165) is 0 Å². The topological polar surface area (TPSA) is 79.6 Å². The maximum Gasteiger partial charge on any atom is 0.198 e. The van der Waals surface area contributed by atoms with Crippen LogP contribution in [0, 0.1) is 11.3 Å². The molecule has 0 aliphatic heterocycles. The molecule has 1 N–H and O–H groups in total. The number of carbonyl (C=O) groups excluding carboxylic acids is 1. The molecular weight excluding hydrogens is 270 g/mol. The van der Waals surface area contributed by atoms with Crippen molar-refractivity contribution in [2.24, 2.45) is 0 Å². The van der Waals surface area contributed by atoms with E-state index < -0.39 is 5.78 Å². The molecule has 0 unspecified atom stereocenters. The minimum absolute atomic E-state index is 0.0686. The molecule has 0 spiro atoms. The van der Waals surface area contributed by atoms with Gasteiger partial charge in [0.2, 0.25) is 0 Å². The molecule has 5 nitrogen and oxygen atoms in total. The van der Waals surface area contributed by atoms with Gasteiger partial charge in [0.1, 0.15) is 28.9 Å². The summed E-state index contributed by atoms with van der Waals surface area (Å²) < 4.78 is 10.1.